The molecular formula is C16H24N2O. The van der Waals surface area contributed by atoms with Crippen molar-refractivity contribution < 1.29 is 4.74 Å². The summed E-state index contributed by atoms with van der Waals surface area (Å²) < 4.78 is 6.10. The fraction of sp³-hybridized carbons (Fsp3) is 0.688. The predicted molar refractivity (Wildman–Crippen MR) is 75.8 cm³/mol. The molecule has 2 N–H and O–H groups in total. The van der Waals surface area contributed by atoms with Gasteiger partial charge in [-0.15, -0.1) is 0 Å². The summed E-state index contributed by atoms with van der Waals surface area (Å²) in [6.07, 6.45) is 9.18. The molecule has 19 heavy (non-hydrogen) atoms. The lowest BCUT2D eigenvalue weighted by atomic mass is 9.79. The van der Waals surface area contributed by atoms with Gasteiger partial charge in [0.15, 0.2) is 0 Å². The molecule has 0 radical (unpaired) electrons. The van der Waals surface area contributed by atoms with Crippen molar-refractivity contribution in [1.82, 2.24) is 4.98 Å². The minimum absolute atomic E-state index is 0.128. The molecule has 1 saturated heterocycles. The molecule has 1 aromatic heterocycles. The van der Waals surface area contributed by atoms with Crippen molar-refractivity contribution in [2.45, 2.75) is 57.1 Å². The monoisotopic (exact) mass is 260 g/mol. The maximum Gasteiger partial charge on any atom is 0.0685 e. The van der Waals surface area contributed by atoms with Crippen LogP contribution in [0.2, 0.25) is 0 Å². The van der Waals surface area contributed by atoms with E-state index in [0.717, 1.165) is 25.1 Å². The minimum atomic E-state index is 0.128. The summed E-state index contributed by atoms with van der Waals surface area (Å²) in [5.74, 6) is 0.550. The van der Waals surface area contributed by atoms with Crippen LogP contribution in [0, 0.1) is 12.8 Å². The Bertz CT molecular complexity index is 440. The van der Waals surface area contributed by atoms with E-state index in [4.69, 9.17) is 10.5 Å². The molecular weight excluding hydrogens is 236 g/mol. The van der Waals surface area contributed by atoms with Gasteiger partial charge < -0.3 is 10.5 Å². The molecule has 2 atom stereocenters. The van der Waals surface area contributed by atoms with Crippen molar-refractivity contribution in [3.63, 3.8) is 0 Å². The Labute approximate surface area is 115 Å². The molecule has 2 unspecified atom stereocenters. The van der Waals surface area contributed by atoms with Gasteiger partial charge in [-0.3, -0.25) is 4.98 Å². The van der Waals surface area contributed by atoms with E-state index in [1.165, 1.54) is 31.2 Å². The fourth-order valence-electron chi connectivity index (χ4n) is 3.79. The Balaban J connectivity index is 1.74. The average Bonchev–Trinajstić information content (AvgIpc) is 2.86. The van der Waals surface area contributed by atoms with Gasteiger partial charge >= 0.3 is 0 Å². The maximum atomic E-state index is 6.51. The molecule has 1 aromatic rings. The molecule has 3 heteroatoms. The highest BCUT2D eigenvalue weighted by atomic mass is 16.5. The zero-order valence-corrected chi connectivity index (χ0v) is 11.8. The van der Waals surface area contributed by atoms with Crippen molar-refractivity contribution in [1.29, 1.82) is 0 Å². The van der Waals surface area contributed by atoms with E-state index in [2.05, 4.69) is 17.1 Å². The minimum Gasteiger partial charge on any atom is -0.375 e. The number of aromatic nitrogens is 1. The van der Waals surface area contributed by atoms with Gasteiger partial charge in [0.2, 0.25) is 0 Å². The van der Waals surface area contributed by atoms with E-state index in [1.807, 2.05) is 13.1 Å². The van der Waals surface area contributed by atoms with E-state index in [9.17, 15) is 0 Å². The molecule has 2 fully saturated rings. The number of hydrogen-bond acceptors (Lipinski definition) is 3. The third kappa shape index (κ3) is 2.67. The first-order valence-corrected chi connectivity index (χ1v) is 7.51. The van der Waals surface area contributed by atoms with E-state index in [-0.39, 0.29) is 11.6 Å². The summed E-state index contributed by atoms with van der Waals surface area (Å²) in [5, 5.41) is 0. The van der Waals surface area contributed by atoms with Crippen LogP contribution in [-0.2, 0) is 4.74 Å². The lowest BCUT2D eigenvalue weighted by molar-refractivity contribution is -0.0963. The lowest BCUT2D eigenvalue weighted by Crippen LogP contribution is -2.40. The Kier molecular flexibility index (Phi) is 3.59. The molecule has 1 aliphatic heterocycles. The van der Waals surface area contributed by atoms with Gasteiger partial charge in [0.1, 0.15) is 0 Å². The van der Waals surface area contributed by atoms with Crippen LogP contribution in [0.25, 0.3) is 0 Å². The maximum absolute atomic E-state index is 6.51. The van der Waals surface area contributed by atoms with Gasteiger partial charge in [0.25, 0.3) is 0 Å². The first-order chi connectivity index (χ1) is 9.19. The second-order valence-electron chi connectivity index (χ2n) is 6.25. The average molecular weight is 260 g/mol. The largest absolute Gasteiger partial charge is 0.375 e. The van der Waals surface area contributed by atoms with Gasteiger partial charge in [-0.25, -0.2) is 0 Å². The van der Waals surface area contributed by atoms with Crippen LogP contribution in [0.3, 0.4) is 0 Å². The van der Waals surface area contributed by atoms with Gasteiger partial charge in [0.05, 0.1) is 5.60 Å². The summed E-state index contributed by atoms with van der Waals surface area (Å²) in [7, 11) is 0. The predicted octanol–water partition coefficient (Wildman–Crippen LogP) is 3.13. The van der Waals surface area contributed by atoms with Gasteiger partial charge in [-0.2, -0.15) is 0 Å². The summed E-state index contributed by atoms with van der Waals surface area (Å²) in [4.78, 5) is 4.26. The zero-order chi connectivity index (χ0) is 13.3. The smallest absolute Gasteiger partial charge is 0.0685 e. The summed E-state index contributed by atoms with van der Waals surface area (Å²) in [6.45, 7) is 2.90. The quantitative estimate of drug-likeness (QED) is 0.888. The number of ether oxygens (including phenoxy) is 1. The molecule has 1 aliphatic carbocycles. The van der Waals surface area contributed by atoms with Crippen molar-refractivity contribution in [3.8, 4) is 0 Å². The topological polar surface area (TPSA) is 48.1 Å². The van der Waals surface area contributed by atoms with Crippen LogP contribution >= 0.6 is 0 Å². The van der Waals surface area contributed by atoms with Crippen molar-refractivity contribution in [2.24, 2.45) is 11.7 Å². The molecule has 0 amide bonds. The molecule has 1 spiro atoms. The molecule has 104 valence electrons. The third-order valence-corrected chi connectivity index (χ3v) is 4.86. The number of pyridine rings is 1. The summed E-state index contributed by atoms with van der Waals surface area (Å²) in [5.41, 5.74) is 8.94. The fourth-order valence-corrected chi connectivity index (χ4v) is 3.79. The number of nitrogens with two attached hydrogens (primary N) is 1. The van der Waals surface area contributed by atoms with E-state index >= 15 is 0 Å². The number of aryl methyl sites for hydroxylation is 1. The van der Waals surface area contributed by atoms with Crippen LogP contribution in [0.5, 0.6) is 0 Å². The van der Waals surface area contributed by atoms with Crippen LogP contribution in [0.15, 0.2) is 18.3 Å². The van der Waals surface area contributed by atoms with Gasteiger partial charge in [-0.1, -0.05) is 12.8 Å². The van der Waals surface area contributed by atoms with Crippen molar-refractivity contribution in [2.75, 3.05) is 6.61 Å². The van der Waals surface area contributed by atoms with Crippen LogP contribution < -0.4 is 5.73 Å². The van der Waals surface area contributed by atoms with Gasteiger partial charge in [0, 0.05) is 24.5 Å². The molecule has 2 heterocycles. The first-order valence-electron chi connectivity index (χ1n) is 7.51. The number of hydrogen-bond donors (Lipinski definition) is 1. The molecule has 3 rings (SSSR count). The van der Waals surface area contributed by atoms with E-state index < -0.39 is 0 Å². The number of nitrogens with zero attached hydrogens (tertiary/aromatic N) is 1. The molecule has 0 aromatic carbocycles. The highest BCUT2D eigenvalue weighted by Gasteiger charge is 2.41. The Hall–Kier alpha value is -0.930. The molecule has 3 nitrogen and oxygen atoms in total. The lowest BCUT2D eigenvalue weighted by Gasteiger charge is -2.40. The second-order valence-corrected chi connectivity index (χ2v) is 6.25. The molecule has 0 bridgehead atoms. The van der Waals surface area contributed by atoms with Crippen LogP contribution in [-0.4, -0.2) is 17.2 Å². The Morgan fingerprint density at radius 3 is 2.95 bits per heavy atom. The molecule has 1 saturated carbocycles. The highest BCUT2D eigenvalue weighted by Crippen LogP contribution is 2.44. The van der Waals surface area contributed by atoms with Crippen molar-refractivity contribution in [3.05, 3.63) is 29.6 Å². The Morgan fingerprint density at radius 2 is 2.21 bits per heavy atom. The summed E-state index contributed by atoms with van der Waals surface area (Å²) in [6, 6.07) is 4.32. The first kappa shape index (κ1) is 13.1. The second kappa shape index (κ2) is 5.22. The third-order valence-electron chi connectivity index (χ3n) is 4.86. The van der Waals surface area contributed by atoms with E-state index in [0.29, 0.717) is 5.92 Å². The van der Waals surface area contributed by atoms with Crippen molar-refractivity contribution >= 4 is 0 Å². The van der Waals surface area contributed by atoms with Gasteiger partial charge in [-0.05, 0) is 56.2 Å². The van der Waals surface area contributed by atoms with Crippen LogP contribution in [0.1, 0.15) is 55.8 Å². The zero-order valence-electron chi connectivity index (χ0n) is 11.8. The molecule has 2 aliphatic rings. The highest BCUT2D eigenvalue weighted by molar-refractivity contribution is 5.20. The SMILES string of the molecule is Cc1cc(C(N)C2CCOC3(CCCC3)C2)ccn1. The standard InChI is InChI=1S/C16H24N2O/c1-12-10-13(4-8-18-12)15(17)14-5-9-19-16(11-14)6-2-3-7-16/h4,8,10,14-15H,2-3,5-7,9,11,17H2,1H3. The van der Waals surface area contributed by atoms with Crippen LogP contribution in [0.4, 0.5) is 0 Å². The Morgan fingerprint density at radius 1 is 1.42 bits per heavy atom. The summed E-state index contributed by atoms with van der Waals surface area (Å²) >= 11 is 0. The van der Waals surface area contributed by atoms with E-state index in [1.54, 1.807) is 0 Å². The normalized spacial score (nSPS) is 27.6. The number of rotatable bonds is 2.